The highest BCUT2D eigenvalue weighted by atomic mass is 16.6. The SMILES string of the molecule is CN=C(NCCc1nnc2ccccn12)NC1CCC(NC(=O)OC(C)(C)C)CC1. The Bertz CT molecular complexity index is 864. The van der Waals surface area contributed by atoms with E-state index in [4.69, 9.17) is 4.74 Å². The molecule has 1 aliphatic carbocycles. The number of nitrogens with zero attached hydrogens (tertiary/aromatic N) is 4. The van der Waals surface area contributed by atoms with E-state index in [1.165, 1.54) is 0 Å². The summed E-state index contributed by atoms with van der Waals surface area (Å²) in [7, 11) is 1.78. The van der Waals surface area contributed by atoms with E-state index in [1.807, 2.05) is 49.6 Å². The molecule has 0 aromatic carbocycles. The largest absolute Gasteiger partial charge is 0.444 e. The van der Waals surface area contributed by atoms with Gasteiger partial charge < -0.3 is 20.7 Å². The fourth-order valence-electron chi connectivity index (χ4n) is 3.60. The second kappa shape index (κ2) is 9.77. The molecule has 0 unspecified atom stereocenters. The number of aromatic nitrogens is 3. The molecule has 2 aromatic rings. The smallest absolute Gasteiger partial charge is 0.407 e. The van der Waals surface area contributed by atoms with Crippen LogP contribution >= 0.6 is 0 Å². The zero-order valence-corrected chi connectivity index (χ0v) is 18.3. The summed E-state index contributed by atoms with van der Waals surface area (Å²) in [5.41, 5.74) is 0.381. The van der Waals surface area contributed by atoms with Gasteiger partial charge in [-0.2, -0.15) is 0 Å². The van der Waals surface area contributed by atoms with Crippen molar-refractivity contribution in [1.29, 1.82) is 0 Å². The average molecular weight is 416 g/mol. The Morgan fingerprint density at radius 2 is 1.87 bits per heavy atom. The normalized spacial score (nSPS) is 20.1. The van der Waals surface area contributed by atoms with Crippen LogP contribution in [0.1, 0.15) is 52.3 Å². The van der Waals surface area contributed by atoms with Gasteiger partial charge in [0.05, 0.1) is 0 Å². The quantitative estimate of drug-likeness (QED) is 0.511. The third-order valence-electron chi connectivity index (χ3n) is 5.04. The molecule has 0 atom stereocenters. The molecule has 2 heterocycles. The maximum atomic E-state index is 11.9. The molecular formula is C21H33N7O2. The highest BCUT2D eigenvalue weighted by Crippen LogP contribution is 2.19. The predicted molar refractivity (Wildman–Crippen MR) is 117 cm³/mol. The van der Waals surface area contributed by atoms with E-state index in [-0.39, 0.29) is 12.1 Å². The maximum absolute atomic E-state index is 11.9. The number of amides is 1. The predicted octanol–water partition coefficient (Wildman–Crippen LogP) is 2.27. The molecule has 0 aliphatic heterocycles. The number of rotatable bonds is 5. The minimum Gasteiger partial charge on any atom is -0.444 e. The summed E-state index contributed by atoms with van der Waals surface area (Å²) in [5.74, 6) is 1.70. The summed E-state index contributed by atoms with van der Waals surface area (Å²) >= 11 is 0. The molecule has 30 heavy (non-hydrogen) atoms. The van der Waals surface area contributed by atoms with Crippen LogP contribution in [0.5, 0.6) is 0 Å². The molecule has 1 saturated carbocycles. The van der Waals surface area contributed by atoms with E-state index in [1.54, 1.807) is 7.05 Å². The van der Waals surface area contributed by atoms with Gasteiger partial charge in [0, 0.05) is 38.3 Å². The monoisotopic (exact) mass is 415 g/mol. The Kier molecular flexibility index (Phi) is 7.12. The van der Waals surface area contributed by atoms with Crippen molar-refractivity contribution >= 4 is 17.7 Å². The molecule has 9 nitrogen and oxygen atoms in total. The number of ether oxygens (including phenoxy) is 1. The lowest BCUT2D eigenvalue weighted by Crippen LogP contribution is -2.48. The summed E-state index contributed by atoms with van der Waals surface area (Å²) in [5, 5.41) is 18.3. The van der Waals surface area contributed by atoms with Gasteiger partial charge in [0.2, 0.25) is 0 Å². The first-order valence-electron chi connectivity index (χ1n) is 10.6. The van der Waals surface area contributed by atoms with E-state index >= 15 is 0 Å². The van der Waals surface area contributed by atoms with Gasteiger partial charge in [-0.3, -0.25) is 9.39 Å². The van der Waals surface area contributed by atoms with E-state index in [2.05, 4.69) is 31.1 Å². The summed E-state index contributed by atoms with van der Waals surface area (Å²) in [4.78, 5) is 16.3. The van der Waals surface area contributed by atoms with Crippen LogP contribution in [0.3, 0.4) is 0 Å². The molecule has 0 spiro atoms. The van der Waals surface area contributed by atoms with Crippen molar-refractivity contribution in [3.05, 3.63) is 30.2 Å². The second-order valence-electron chi connectivity index (χ2n) is 8.63. The van der Waals surface area contributed by atoms with Gasteiger partial charge in [0.1, 0.15) is 11.4 Å². The molecule has 0 saturated heterocycles. The van der Waals surface area contributed by atoms with Crippen LogP contribution in [-0.2, 0) is 11.2 Å². The number of carbonyl (C=O) groups excluding carboxylic acids is 1. The van der Waals surface area contributed by atoms with Crippen molar-refractivity contribution in [3.63, 3.8) is 0 Å². The van der Waals surface area contributed by atoms with Crippen LogP contribution in [-0.4, -0.2) is 57.9 Å². The number of pyridine rings is 1. The lowest BCUT2D eigenvalue weighted by atomic mass is 9.91. The fourth-order valence-corrected chi connectivity index (χ4v) is 3.60. The highest BCUT2D eigenvalue weighted by Gasteiger charge is 2.25. The first kappa shape index (κ1) is 21.9. The lowest BCUT2D eigenvalue weighted by Gasteiger charge is -2.31. The first-order valence-corrected chi connectivity index (χ1v) is 10.6. The van der Waals surface area contributed by atoms with E-state index in [0.29, 0.717) is 12.6 Å². The van der Waals surface area contributed by atoms with Crippen LogP contribution in [0.2, 0.25) is 0 Å². The molecular weight excluding hydrogens is 382 g/mol. The molecule has 9 heteroatoms. The Morgan fingerprint density at radius 3 is 2.53 bits per heavy atom. The summed E-state index contributed by atoms with van der Waals surface area (Å²) in [6.07, 6.45) is 6.16. The number of aliphatic imine (C=N–C) groups is 1. The van der Waals surface area contributed by atoms with Gasteiger partial charge in [-0.05, 0) is 58.6 Å². The Hall–Kier alpha value is -2.84. The van der Waals surface area contributed by atoms with Crippen LogP contribution in [0, 0.1) is 0 Å². The molecule has 3 N–H and O–H groups in total. The number of alkyl carbamates (subject to hydrolysis) is 1. The van der Waals surface area contributed by atoms with E-state index in [0.717, 1.165) is 49.5 Å². The van der Waals surface area contributed by atoms with Crippen molar-refractivity contribution in [2.75, 3.05) is 13.6 Å². The summed E-state index contributed by atoms with van der Waals surface area (Å²) in [6.45, 7) is 6.33. The Labute approximate surface area is 177 Å². The molecule has 1 fully saturated rings. The van der Waals surface area contributed by atoms with Gasteiger partial charge in [-0.15, -0.1) is 10.2 Å². The Balaban J connectivity index is 1.39. The molecule has 164 valence electrons. The van der Waals surface area contributed by atoms with E-state index < -0.39 is 5.60 Å². The topological polar surface area (TPSA) is 105 Å². The van der Waals surface area contributed by atoms with Gasteiger partial charge in [0.25, 0.3) is 0 Å². The van der Waals surface area contributed by atoms with Gasteiger partial charge >= 0.3 is 6.09 Å². The average Bonchev–Trinajstić information content (AvgIpc) is 3.10. The van der Waals surface area contributed by atoms with E-state index in [9.17, 15) is 4.79 Å². The third-order valence-corrected chi connectivity index (χ3v) is 5.04. The summed E-state index contributed by atoms with van der Waals surface area (Å²) < 4.78 is 7.34. The molecule has 3 rings (SSSR count). The minimum atomic E-state index is -0.472. The lowest BCUT2D eigenvalue weighted by molar-refractivity contribution is 0.0490. The van der Waals surface area contributed by atoms with Crippen molar-refractivity contribution in [2.45, 2.75) is 70.6 Å². The van der Waals surface area contributed by atoms with Gasteiger partial charge in [-0.1, -0.05) is 6.07 Å². The Morgan fingerprint density at radius 1 is 1.17 bits per heavy atom. The maximum Gasteiger partial charge on any atom is 0.407 e. The third kappa shape index (κ3) is 6.33. The van der Waals surface area contributed by atoms with Crippen LogP contribution in [0.15, 0.2) is 29.4 Å². The van der Waals surface area contributed by atoms with Crippen molar-refractivity contribution in [1.82, 2.24) is 30.5 Å². The van der Waals surface area contributed by atoms with Crippen molar-refractivity contribution in [2.24, 2.45) is 4.99 Å². The van der Waals surface area contributed by atoms with Crippen LogP contribution < -0.4 is 16.0 Å². The highest BCUT2D eigenvalue weighted by molar-refractivity contribution is 5.80. The van der Waals surface area contributed by atoms with Crippen LogP contribution in [0.4, 0.5) is 4.79 Å². The second-order valence-corrected chi connectivity index (χ2v) is 8.63. The first-order chi connectivity index (χ1) is 14.3. The van der Waals surface area contributed by atoms with Gasteiger partial charge in [0.15, 0.2) is 11.6 Å². The number of hydrogen-bond acceptors (Lipinski definition) is 5. The number of guanidine groups is 1. The van der Waals surface area contributed by atoms with Crippen molar-refractivity contribution in [3.8, 4) is 0 Å². The van der Waals surface area contributed by atoms with Crippen LogP contribution in [0.25, 0.3) is 5.65 Å². The van der Waals surface area contributed by atoms with Crippen molar-refractivity contribution < 1.29 is 9.53 Å². The number of fused-ring (bicyclic) bond motifs is 1. The molecule has 1 aliphatic rings. The molecule has 2 aromatic heterocycles. The molecule has 0 radical (unpaired) electrons. The zero-order chi connectivity index (χ0) is 21.6. The number of carbonyl (C=O) groups is 1. The molecule has 0 bridgehead atoms. The molecule has 1 amide bonds. The minimum absolute atomic E-state index is 0.161. The standard InChI is InChI=1S/C21H33N7O2/c1-21(2,3)30-20(29)25-16-10-8-15(9-11-16)24-19(22-4)23-13-12-18-27-26-17-7-5-6-14-28(17)18/h5-7,14-16H,8-13H2,1-4H3,(H,25,29)(H2,22,23,24). The number of hydrogen-bond donors (Lipinski definition) is 3. The number of nitrogens with one attached hydrogen (secondary N) is 3. The zero-order valence-electron chi connectivity index (χ0n) is 18.3. The fraction of sp³-hybridized carbons (Fsp3) is 0.619. The summed E-state index contributed by atoms with van der Waals surface area (Å²) in [6, 6.07) is 6.37. The van der Waals surface area contributed by atoms with Gasteiger partial charge in [-0.25, -0.2) is 4.79 Å².